The Morgan fingerprint density at radius 2 is 2.08 bits per heavy atom. The van der Waals surface area contributed by atoms with Crippen molar-refractivity contribution in [3.8, 4) is 0 Å². The Bertz CT molecular complexity index is 1140. The minimum absolute atomic E-state index is 0.0464. The Morgan fingerprint density at radius 1 is 1.27 bits per heavy atom. The van der Waals surface area contributed by atoms with Crippen LogP contribution in [0.25, 0.3) is 11.0 Å². The summed E-state index contributed by atoms with van der Waals surface area (Å²) in [6.45, 7) is 5.16. The zero-order chi connectivity index (χ0) is 18.4. The van der Waals surface area contributed by atoms with Crippen LogP contribution >= 0.6 is 0 Å². The Morgan fingerprint density at radius 3 is 2.85 bits per heavy atom. The minimum atomic E-state index is -0.397. The summed E-state index contributed by atoms with van der Waals surface area (Å²) in [5.41, 5.74) is 4.18. The lowest BCUT2D eigenvalue weighted by Gasteiger charge is -2.29. The van der Waals surface area contributed by atoms with Crippen LogP contribution in [-0.2, 0) is 4.79 Å². The van der Waals surface area contributed by atoms with Crippen LogP contribution in [0.2, 0.25) is 0 Å². The van der Waals surface area contributed by atoms with Gasteiger partial charge in [0.2, 0.25) is 0 Å². The van der Waals surface area contributed by atoms with Gasteiger partial charge in [0.25, 0.3) is 0 Å². The number of aryl methyl sites for hydroxylation is 1. The smallest absolute Gasteiger partial charge is 0.192 e. The van der Waals surface area contributed by atoms with Gasteiger partial charge in [0.05, 0.1) is 11.6 Å². The first-order chi connectivity index (χ1) is 12.5. The van der Waals surface area contributed by atoms with E-state index in [4.69, 9.17) is 4.42 Å². The predicted octanol–water partition coefficient (Wildman–Crippen LogP) is 3.72. The van der Waals surface area contributed by atoms with Gasteiger partial charge in [-0.3, -0.25) is 14.6 Å². The van der Waals surface area contributed by atoms with E-state index in [1.165, 1.54) is 6.07 Å². The largest absolute Gasteiger partial charge is 0.461 e. The van der Waals surface area contributed by atoms with Crippen LogP contribution in [0.4, 0.5) is 5.69 Å². The number of nitrogens with one attached hydrogen (secondary N) is 1. The Labute approximate surface area is 150 Å². The minimum Gasteiger partial charge on any atom is -0.461 e. The van der Waals surface area contributed by atoms with Crippen molar-refractivity contribution in [3.05, 3.63) is 81.1 Å². The lowest BCUT2D eigenvalue weighted by molar-refractivity contribution is -0.113. The lowest BCUT2D eigenvalue weighted by Crippen LogP contribution is -2.22. The number of Topliss-reactive ketones (excluding diaryl/α,β-unsaturated/α-hetero) is 1. The Hall–Kier alpha value is -3.21. The van der Waals surface area contributed by atoms with Crippen molar-refractivity contribution in [2.75, 3.05) is 5.32 Å². The number of aromatic nitrogens is 1. The zero-order valence-electron chi connectivity index (χ0n) is 14.7. The van der Waals surface area contributed by atoms with E-state index in [2.05, 4.69) is 16.5 Å². The van der Waals surface area contributed by atoms with Gasteiger partial charge in [-0.2, -0.15) is 0 Å². The van der Waals surface area contributed by atoms with Crippen molar-refractivity contribution in [2.45, 2.75) is 26.7 Å². The second kappa shape index (κ2) is 5.95. The molecule has 0 saturated carbocycles. The molecule has 5 nitrogen and oxygen atoms in total. The number of ketones is 1. The molecular formula is C21H17N2O3. The molecule has 3 heterocycles. The molecule has 0 saturated heterocycles. The first kappa shape index (κ1) is 16.3. The number of nitrogens with zero attached hydrogens (tertiary/aromatic N) is 1. The van der Waals surface area contributed by atoms with E-state index in [0.29, 0.717) is 22.3 Å². The van der Waals surface area contributed by atoms with Gasteiger partial charge in [-0.25, -0.2) is 0 Å². The van der Waals surface area contributed by atoms with E-state index >= 15 is 0 Å². The molecule has 0 bridgehead atoms. The highest BCUT2D eigenvalue weighted by Gasteiger charge is 2.32. The van der Waals surface area contributed by atoms with E-state index < -0.39 is 5.92 Å². The molecule has 2 aromatic heterocycles. The van der Waals surface area contributed by atoms with Crippen molar-refractivity contribution < 1.29 is 9.21 Å². The first-order valence-corrected chi connectivity index (χ1v) is 8.36. The number of carbonyl (C=O) groups excluding carboxylic acids is 1. The average molecular weight is 345 g/mol. The number of para-hydroxylation sites is 1. The summed E-state index contributed by atoms with van der Waals surface area (Å²) < 4.78 is 5.92. The molecule has 0 amide bonds. The molecular weight excluding hydrogens is 328 g/mol. The molecule has 1 aromatic carbocycles. The van der Waals surface area contributed by atoms with Crippen LogP contribution < -0.4 is 10.7 Å². The number of hydrogen-bond donors (Lipinski definition) is 1. The van der Waals surface area contributed by atoms with Crippen LogP contribution in [0.15, 0.2) is 57.0 Å². The fraction of sp³-hybridized carbons (Fsp3) is 0.190. The molecule has 0 aliphatic carbocycles. The highest BCUT2D eigenvalue weighted by atomic mass is 16.3. The number of carbonyl (C=O) groups is 1. The number of pyridine rings is 1. The van der Waals surface area contributed by atoms with E-state index in [1.54, 1.807) is 26.1 Å². The second-order valence-electron chi connectivity index (χ2n) is 6.48. The standard InChI is InChI=1S/C21H17N2O3/c1-11-9-18(25)14-5-4-6-15(21(14)26-11)20-16-10-22-8-7-17(16)23-12(2)19(20)13(3)24/h4-9,20,23H,1-3H3. The fourth-order valence-electron chi connectivity index (χ4n) is 3.65. The topological polar surface area (TPSA) is 72.2 Å². The molecule has 1 atom stereocenters. The van der Waals surface area contributed by atoms with Gasteiger partial charge in [-0.1, -0.05) is 12.1 Å². The van der Waals surface area contributed by atoms with Gasteiger partial charge in [-0.05, 0) is 32.9 Å². The third-order valence-electron chi connectivity index (χ3n) is 4.69. The van der Waals surface area contributed by atoms with Crippen molar-refractivity contribution >= 4 is 22.4 Å². The fourth-order valence-corrected chi connectivity index (χ4v) is 3.65. The zero-order valence-corrected chi connectivity index (χ0v) is 14.7. The summed E-state index contributed by atoms with van der Waals surface area (Å²) in [4.78, 5) is 29.0. The molecule has 4 rings (SSSR count). The van der Waals surface area contributed by atoms with Gasteiger partial charge in [0, 0.05) is 46.3 Å². The third-order valence-corrected chi connectivity index (χ3v) is 4.69. The Kier molecular flexibility index (Phi) is 3.72. The molecule has 5 heteroatoms. The summed E-state index contributed by atoms with van der Waals surface area (Å²) in [6.07, 6.45) is 4.67. The molecule has 1 radical (unpaired) electrons. The number of anilines is 1. The molecule has 129 valence electrons. The van der Waals surface area contributed by atoms with Crippen LogP contribution in [-0.4, -0.2) is 10.8 Å². The van der Waals surface area contributed by atoms with Crippen LogP contribution in [0.5, 0.6) is 0 Å². The summed E-state index contributed by atoms with van der Waals surface area (Å²) in [5, 5.41) is 3.75. The van der Waals surface area contributed by atoms with Gasteiger partial charge in [0.15, 0.2) is 11.2 Å². The third kappa shape index (κ3) is 2.44. The van der Waals surface area contributed by atoms with Crippen molar-refractivity contribution in [3.63, 3.8) is 0 Å². The predicted molar refractivity (Wildman–Crippen MR) is 99.1 cm³/mol. The summed E-state index contributed by atoms with van der Waals surface area (Å²) in [6, 6.07) is 8.77. The lowest BCUT2D eigenvalue weighted by atomic mass is 9.79. The van der Waals surface area contributed by atoms with Crippen molar-refractivity contribution in [2.24, 2.45) is 0 Å². The number of hydrogen-bond acceptors (Lipinski definition) is 5. The van der Waals surface area contributed by atoms with Crippen molar-refractivity contribution in [1.29, 1.82) is 0 Å². The molecule has 1 N–H and O–H groups in total. The van der Waals surface area contributed by atoms with Crippen molar-refractivity contribution in [1.82, 2.24) is 4.98 Å². The highest BCUT2D eigenvalue weighted by Crippen LogP contribution is 2.43. The number of fused-ring (bicyclic) bond motifs is 2. The van der Waals surface area contributed by atoms with E-state index in [9.17, 15) is 9.59 Å². The summed E-state index contributed by atoms with van der Waals surface area (Å²) >= 11 is 0. The monoisotopic (exact) mass is 345 g/mol. The maximum absolute atomic E-state index is 12.4. The van der Waals surface area contributed by atoms with E-state index in [-0.39, 0.29) is 11.2 Å². The Balaban J connectivity index is 2.10. The maximum atomic E-state index is 12.4. The average Bonchev–Trinajstić information content (AvgIpc) is 2.60. The summed E-state index contributed by atoms with van der Waals surface area (Å²) in [7, 11) is 0. The van der Waals surface area contributed by atoms with Crippen LogP contribution in [0.1, 0.15) is 36.7 Å². The van der Waals surface area contributed by atoms with Gasteiger partial charge in [0.1, 0.15) is 11.3 Å². The van der Waals surface area contributed by atoms with Crippen LogP contribution in [0.3, 0.4) is 0 Å². The normalized spacial score (nSPS) is 16.3. The number of benzene rings is 1. The maximum Gasteiger partial charge on any atom is 0.192 e. The van der Waals surface area contributed by atoms with E-state index in [1.807, 2.05) is 25.1 Å². The van der Waals surface area contributed by atoms with Crippen LogP contribution in [0, 0.1) is 13.1 Å². The van der Waals surface area contributed by atoms with Gasteiger partial charge >= 0.3 is 0 Å². The first-order valence-electron chi connectivity index (χ1n) is 8.36. The highest BCUT2D eigenvalue weighted by molar-refractivity contribution is 5.99. The molecule has 0 fully saturated rings. The molecule has 0 spiro atoms. The molecule has 1 aliphatic rings. The number of allylic oxidation sites excluding steroid dienone is 2. The quantitative estimate of drug-likeness (QED) is 0.766. The number of rotatable bonds is 2. The van der Waals surface area contributed by atoms with Gasteiger partial charge < -0.3 is 9.73 Å². The second-order valence-corrected chi connectivity index (χ2v) is 6.48. The summed E-state index contributed by atoms with van der Waals surface area (Å²) in [5.74, 6) is 0.0883. The molecule has 1 unspecified atom stereocenters. The van der Waals surface area contributed by atoms with Gasteiger partial charge in [-0.15, -0.1) is 0 Å². The molecule has 1 aliphatic heterocycles. The molecule has 26 heavy (non-hydrogen) atoms. The molecule has 3 aromatic rings. The van der Waals surface area contributed by atoms with E-state index in [0.717, 1.165) is 22.5 Å². The SMILES string of the molecule is CC(=O)C1=C(C)Nc2ccn[c]c2C1c1cccc2c(=O)cc(C)oc12.